The summed E-state index contributed by atoms with van der Waals surface area (Å²) in [5.41, 5.74) is 5.31. The molecule has 0 spiro atoms. The number of carboxylic acid groups (broad SMARTS) is 1. The fourth-order valence-corrected chi connectivity index (χ4v) is 0.956. The van der Waals surface area contributed by atoms with E-state index >= 15 is 0 Å². The number of hydrogen-bond acceptors (Lipinski definition) is 3. The van der Waals surface area contributed by atoms with Crippen LogP contribution >= 0.6 is 22.6 Å². The van der Waals surface area contributed by atoms with Crippen molar-refractivity contribution in [1.82, 2.24) is 10.2 Å². The number of aromatic nitrogens is 2. The van der Waals surface area contributed by atoms with Crippen molar-refractivity contribution in [1.29, 1.82) is 0 Å². The first-order chi connectivity index (χ1) is 4.63. The van der Waals surface area contributed by atoms with Crippen LogP contribution in [0.3, 0.4) is 0 Å². The summed E-state index contributed by atoms with van der Waals surface area (Å²) in [6.45, 7) is 0. The first-order valence-electron chi connectivity index (χ1n) is 2.35. The van der Waals surface area contributed by atoms with Crippen LogP contribution in [0.15, 0.2) is 0 Å². The van der Waals surface area contributed by atoms with E-state index in [1.807, 2.05) is 22.6 Å². The Hall–Kier alpha value is -0.790. The molecule has 0 saturated carbocycles. The first kappa shape index (κ1) is 7.32. The van der Waals surface area contributed by atoms with E-state index in [-0.39, 0.29) is 11.5 Å². The van der Waals surface area contributed by atoms with Crippen LogP contribution in [0.25, 0.3) is 0 Å². The first-order valence-corrected chi connectivity index (χ1v) is 3.43. The standard InChI is InChI=1S/C4H4IN3O2/c5-1-2(4(9)10)7-8-3(1)6/h(H,9,10)(H3,6,7,8). The summed E-state index contributed by atoms with van der Waals surface area (Å²) in [6, 6.07) is 0. The van der Waals surface area contributed by atoms with Gasteiger partial charge in [-0.2, -0.15) is 5.10 Å². The molecule has 0 amide bonds. The highest BCUT2D eigenvalue weighted by atomic mass is 127. The van der Waals surface area contributed by atoms with Crippen LogP contribution in [-0.2, 0) is 0 Å². The van der Waals surface area contributed by atoms with Gasteiger partial charge in [-0.05, 0) is 22.6 Å². The van der Waals surface area contributed by atoms with Crippen molar-refractivity contribution in [3.8, 4) is 0 Å². The van der Waals surface area contributed by atoms with E-state index < -0.39 is 5.97 Å². The van der Waals surface area contributed by atoms with Gasteiger partial charge in [-0.1, -0.05) is 0 Å². The number of carboxylic acids is 1. The third-order valence-electron chi connectivity index (χ3n) is 0.946. The highest BCUT2D eigenvalue weighted by molar-refractivity contribution is 14.1. The molecule has 0 aliphatic heterocycles. The highest BCUT2D eigenvalue weighted by Gasteiger charge is 2.13. The minimum absolute atomic E-state index is 0.0399. The van der Waals surface area contributed by atoms with Gasteiger partial charge in [0.25, 0.3) is 0 Å². The maximum Gasteiger partial charge on any atom is 0.355 e. The molecular weight excluding hydrogens is 249 g/mol. The third-order valence-corrected chi connectivity index (χ3v) is 2.04. The van der Waals surface area contributed by atoms with Crippen LogP contribution in [0.5, 0.6) is 0 Å². The highest BCUT2D eigenvalue weighted by Crippen LogP contribution is 2.14. The van der Waals surface area contributed by atoms with E-state index in [1.165, 1.54) is 0 Å². The Morgan fingerprint density at radius 3 is 2.60 bits per heavy atom. The van der Waals surface area contributed by atoms with Crippen LogP contribution < -0.4 is 5.73 Å². The second kappa shape index (κ2) is 2.45. The molecule has 1 aromatic heterocycles. The van der Waals surface area contributed by atoms with E-state index in [0.717, 1.165) is 0 Å². The number of aromatic carboxylic acids is 1. The third kappa shape index (κ3) is 1.06. The van der Waals surface area contributed by atoms with E-state index in [1.54, 1.807) is 0 Å². The molecule has 0 aromatic carbocycles. The fraction of sp³-hybridized carbons (Fsp3) is 0. The molecule has 6 heteroatoms. The molecular formula is C4H4IN3O2. The molecule has 54 valence electrons. The minimum Gasteiger partial charge on any atom is -0.476 e. The van der Waals surface area contributed by atoms with E-state index in [9.17, 15) is 4.79 Å². The van der Waals surface area contributed by atoms with Gasteiger partial charge in [-0.25, -0.2) is 4.79 Å². The summed E-state index contributed by atoms with van der Waals surface area (Å²) in [5.74, 6) is -0.827. The SMILES string of the molecule is Nc1n[nH]c(C(=O)O)c1I. The number of nitrogens with zero attached hydrogens (tertiary/aromatic N) is 1. The number of H-pyrrole nitrogens is 1. The number of carbonyl (C=O) groups is 1. The molecule has 0 aliphatic carbocycles. The van der Waals surface area contributed by atoms with Gasteiger partial charge < -0.3 is 10.8 Å². The molecule has 0 unspecified atom stereocenters. The molecule has 1 aromatic rings. The van der Waals surface area contributed by atoms with Crippen LogP contribution in [0.1, 0.15) is 10.5 Å². The van der Waals surface area contributed by atoms with Crippen LogP contribution in [0.2, 0.25) is 0 Å². The van der Waals surface area contributed by atoms with Gasteiger partial charge in [0.15, 0.2) is 11.5 Å². The second-order valence-electron chi connectivity index (χ2n) is 1.60. The summed E-state index contributed by atoms with van der Waals surface area (Å²) in [5, 5.41) is 14.2. The quantitative estimate of drug-likeness (QED) is 0.627. The van der Waals surface area contributed by atoms with Crippen molar-refractivity contribution in [3.63, 3.8) is 0 Å². The number of hydrogen-bond donors (Lipinski definition) is 3. The lowest BCUT2D eigenvalue weighted by Crippen LogP contribution is -1.98. The van der Waals surface area contributed by atoms with Gasteiger partial charge in [-0.15, -0.1) is 0 Å². The number of nitrogens with two attached hydrogens (primary N) is 1. The predicted molar refractivity (Wildman–Crippen MR) is 42.7 cm³/mol. The molecule has 5 nitrogen and oxygen atoms in total. The number of aromatic amines is 1. The van der Waals surface area contributed by atoms with E-state index in [2.05, 4.69) is 10.2 Å². The molecule has 0 bridgehead atoms. The molecule has 4 N–H and O–H groups in total. The Bertz CT molecular complexity index is 269. The maximum atomic E-state index is 10.3. The van der Waals surface area contributed by atoms with Crippen LogP contribution in [-0.4, -0.2) is 21.3 Å². The zero-order valence-corrected chi connectivity index (χ0v) is 6.92. The minimum atomic E-state index is -1.05. The van der Waals surface area contributed by atoms with Gasteiger partial charge in [0.1, 0.15) is 0 Å². The summed E-state index contributed by atoms with van der Waals surface area (Å²) in [6.07, 6.45) is 0. The van der Waals surface area contributed by atoms with Crippen molar-refractivity contribution in [2.45, 2.75) is 0 Å². The zero-order valence-electron chi connectivity index (χ0n) is 4.76. The number of rotatable bonds is 1. The number of anilines is 1. The largest absolute Gasteiger partial charge is 0.476 e. The van der Waals surface area contributed by atoms with Crippen molar-refractivity contribution in [3.05, 3.63) is 9.26 Å². The van der Waals surface area contributed by atoms with E-state index in [4.69, 9.17) is 10.8 Å². The maximum absolute atomic E-state index is 10.3. The zero-order chi connectivity index (χ0) is 7.72. The van der Waals surface area contributed by atoms with Gasteiger partial charge in [0.2, 0.25) is 0 Å². The Morgan fingerprint density at radius 1 is 1.80 bits per heavy atom. The molecule has 0 fully saturated rings. The molecule has 0 aliphatic rings. The summed E-state index contributed by atoms with van der Waals surface area (Å²) >= 11 is 1.82. The normalized spacial score (nSPS) is 9.70. The molecule has 0 radical (unpaired) electrons. The monoisotopic (exact) mass is 253 g/mol. The molecule has 1 heterocycles. The van der Waals surface area contributed by atoms with Crippen LogP contribution in [0, 0.1) is 3.57 Å². The molecule has 0 atom stereocenters. The van der Waals surface area contributed by atoms with Crippen molar-refractivity contribution in [2.24, 2.45) is 0 Å². The van der Waals surface area contributed by atoms with Gasteiger partial charge in [0, 0.05) is 0 Å². The lowest BCUT2D eigenvalue weighted by atomic mass is 10.4. The number of halogens is 1. The molecule has 1 rings (SSSR count). The van der Waals surface area contributed by atoms with Crippen molar-refractivity contribution >= 4 is 34.4 Å². The van der Waals surface area contributed by atoms with Crippen molar-refractivity contribution in [2.75, 3.05) is 5.73 Å². The van der Waals surface area contributed by atoms with Crippen molar-refractivity contribution < 1.29 is 9.90 Å². The number of nitrogen functional groups attached to an aromatic ring is 1. The summed E-state index contributed by atoms with van der Waals surface area (Å²) < 4.78 is 0.449. The smallest absolute Gasteiger partial charge is 0.355 e. The van der Waals surface area contributed by atoms with Gasteiger partial charge in [-0.3, -0.25) is 5.10 Å². The molecule has 10 heavy (non-hydrogen) atoms. The average molecular weight is 253 g/mol. The fourth-order valence-electron chi connectivity index (χ4n) is 0.484. The Labute approximate surface area is 69.8 Å². The number of nitrogens with one attached hydrogen (secondary N) is 1. The van der Waals surface area contributed by atoms with E-state index in [0.29, 0.717) is 3.57 Å². The lowest BCUT2D eigenvalue weighted by Gasteiger charge is -1.86. The Morgan fingerprint density at radius 2 is 2.40 bits per heavy atom. The lowest BCUT2D eigenvalue weighted by molar-refractivity contribution is 0.0689. The second-order valence-corrected chi connectivity index (χ2v) is 2.68. The average Bonchev–Trinajstić information content (AvgIpc) is 2.14. The summed E-state index contributed by atoms with van der Waals surface area (Å²) in [7, 11) is 0. The Kier molecular flexibility index (Phi) is 1.79. The van der Waals surface area contributed by atoms with Crippen LogP contribution in [0.4, 0.5) is 5.82 Å². The topological polar surface area (TPSA) is 92.0 Å². The Balaban J connectivity index is 3.17. The predicted octanol–water partition coefficient (Wildman–Crippen LogP) is 0.295. The molecule has 0 saturated heterocycles. The van der Waals surface area contributed by atoms with Gasteiger partial charge >= 0.3 is 5.97 Å². The summed E-state index contributed by atoms with van der Waals surface area (Å²) in [4.78, 5) is 10.3. The van der Waals surface area contributed by atoms with Gasteiger partial charge in [0.05, 0.1) is 3.57 Å².